The number of pyridine rings is 1. The quantitative estimate of drug-likeness (QED) is 0.477. The van der Waals surface area contributed by atoms with Gasteiger partial charge in [0.05, 0.1) is 10.9 Å². The minimum absolute atomic E-state index is 0.0498. The van der Waals surface area contributed by atoms with E-state index in [1.165, 1.54) is 12.3 Å². The summed E-state index contributed by atoms with van der Waals surface area (Å²) in [6.07, 6.45) is 1.38. The molecule has 5 heteroatoms. The number of halogens is 3. The molecule has 0 amide bonds. The molecule has 0 bridgehead atoms. The molecule has 0 N–H and O–H groups in total. The zero-order valence-electron chi connectivity index (χ0n) is 5.85. The zero-order valence-corrected chi connectivity index (χ0v) is 9.02. The van der Waals surface area contributed by atoms with Gasteiger partial charge in [0.15, 0.2) is 11.6 Å². The largest absolute Gasteiger partial charge is 0.293 e. The van der Waals surface area contributed by atoms with Gasteiger partial charge in [0.2, 0.25) is 0 Å². The number of Topliss-reactive ketones (excluding diaryl/α,β-unsaturated/α-hetero) is 1. The van der Waals surface area contributed by atoms with Crippen LogP contribution in [0, 0.1) is 5.82 Å². The fraction of sp³-hybridized carbons (Fsp3) is 0.143. The monoisotopic (exact) mass is 295 g/mol. The van der Waals surface area contributed by atoms with Gasteiger partial charge >= 0.3 is 0 Å². The molecule has 0 radical (unpaired) electrons. The van der Waals surface area contributed by atoms with Crippen LogP contribution in [-0.2, 0) is 0 Å². The molecule has 2 nitrogen and oxygen atoms in total. The Bertz CT molecular complexity index is 316. The molecular formula is C7H4Br2FNO. The minimum atomic E-state index is -0.609. The van der Waals surface area contributed by atoms with Crippen molar-refractivity contribution >= 4 is 37.6 Å². The summed E-state index contributed by atoms with van der Waals surface area (Å²) in [6, 6.07) is 1.35. The molecule has 0 aliphatic carbocycles. The van der Waals surface area contributed by atoms with Gasteiger partial charge in [0, 0.05) is 6.20 Å². The smallest absolute Gasteiger partial charge is 0.176 e. The lowest BCUT2D eigenvalue weighted by Crippen LogP contribution is -2.04. The highest BCUT2D eigenvalue weighted by atomic mass is 79.9. The Kier molecular flexibility index (Phi) is 3.34. The van der Waals surface area contributed by atoms with Gasteiger partial charge in [0.1, 0.15) is 4.60 Å². The second kappa shape index (κ2) is 4.09. The van der Waals surface area contributed by atoms with Gasteiger partial charge in [-0.2, -0.15) is 0 Å². The summed E-state index contributed by atoms with van der Waals surface area (Å²) in [4.78, 5) is 14.7. The molecule has 0 spiro atoms. The first-order valence-electron chi connectivity index (χ1n) is 3.06. The Labute approximate surface area is 85.4 Å². The Hall–Kier alpha value is -0.290. The van der Waals surface area contributed by atoms with E-state index in [1.807, 2.05) is 0 Å². The second-order valence-corrected chi connectivity index (χ2v) is 3.33. The van der Waals surface area contributed by atoms with Crippen LogP contribution in [0.15, 0.2) is 16.9 Å². The highest BCUT2D eigenvalue weighted by Gasteiger charge is 2.12. The maximum absolute atomic E-state index is 13.1. The fourth-order valence-electron chi connectivity index (χ4n) is 0.706. The lowest BCUT2D eigenvalue weighted by molar-refractivity contribution is 0.101. The molecule has 0 unspecified atom stereocenters. The summed E-state index contributed by atoms with van der Waals surface area (Å²) in [5.74, 6) is -0.905. The molecule has 0 saturated carbocycles. The number of aromatic nitrogens is 1. The van der Waals surface area contributed by atoms with Gasteiger partial charge in [-0.25, -0.2) is 9.37 Å². The van der Waals surface area contributed by atoms with E-state index >= 15 is 0 Å². The number of nitrogens with zero attached hydrogens (tertiary/aromatic N) is 1. The van der Waals surface area contributed by atoms with Crippen LogP contribution in [0.3, 0.4) is 0 Å². The Morgan fingerprint density at radius 1 is 1.67 bits per heavy atom. The van der Waals surface area contributed by atoms with Crippen LogP contribution < -0.4 is 0 Å². The summed E-state index contributed by atoms with van der Waals surface area (Å²) in [5, 5.41) is 0.111. The topological polar surface area (TPSA) is 30.0 Å². The third kappa shape index (κ3) is 1.90. The third-order valence-electron chi connectivity index (χ3n) is 1.27. The molecule has 0 atom stereocenters. The summed E-state index contributed by atoms with van der Waals surface area (Å²) in [5.41, 5.74) is 0.0498. The molecule has 0 aliphatic rings. The van der Waals surface area contributed by atoms with Gasteiger partial charge in [-0.1, -0.05) is 15.9 Å². The van der Waals surface area contributed by atoms with E-state index in [-0.39, 0.29) is 21.3 Å². The average Bonchev–Trinajstić information content (AvgIpc) is 2.08. The van der Waals surface area contributed by atoms with Crippen LogP contribution in [-0.4, -0.2) is 16.1 Å². The Balaban J connectivity index is 3.16. The van der Waals surface area contributed by atoms with E-state index in [4.69, 9.17) is 0 Å². The lowest BCUT2D eigenvalue weighted by atomic mass is 10.2. The summed E-state index contributed by atoms with van der Waals surface area (Å²) in [7, 11) is 0. The SMILES string of the molecule is O=C(CBr)c1ccnc(Br)c1F. The highest BCUT2D eigenvalue weighted by Crippen LogP contribution is 2.16. The minimum Gasteiger partial charge on any atom is -0.293 e. The molecule has 0 saturated heterocycles. The number of ketones is 1. The standard InChI is InChI=1S/C7H4Br2FNO/c8-3-5(12)4-1-2-11-7(9)6(4)10/h1-2H,3H2. The van der Waals surface area contributed by atoms with Crippen molar-refractivity contribution in [2.75, 3.05) is 5.33 Å². The summed E-state index contributed by atoms with van der Waals surface area (Å²) in [6.45, 7) is 0. The normalized spacial score (nSPS) is 9.92. The molecule has 0 aromatic carbocycles. The van der Waals surface area contributed by atoms with Crippen molar-refractivity contribution < 1.29 is 9.18 Å². The number of rotatable bonds is 2. The average molecular weight is 297 g/mol. The maximum Gasteiger partial charge on any atom is 0.176 e. The van der Waals surface area contributed by atoms with Crippen molar-refractivity contribution in [1.29, 1.82) is 0 Å². The van der Waals surface area contributed by atoms with Crippen LogP contribution in [0.2, 0.25) is 0 Å². The first kappa shape index (κ1) is 9.80. The predicted molar refractivity (Wildman–Crippen MR) is 50.0 cm³/mol. The first-order chi connectivity index (χ1) is 5.66. The van der Waals surface area contributed by atoms with Crippen LogP contribution >= 0.6 is 31.9 Å². The van der Waals surface area contributed by atoms with E-state index < -0.39 is 5.82 Å². The molecule has 12 heavy (non-hydrogen) atoms. The lowest BCUT2D eigenvalue weighted by Gasteiger charge is -1.99. The highest BCUT2D eigenvalue weighted by molar-refractivity contribution is 9.10. The number of carbonyl (C=O) groups is 1. The van der Waals surface area contributed by atoms with Crippen molar-refractivity contribution in [3.63, 3.8) is 0 Å². The van der Waals surface area contributed by atoms with Crippen LogP contribution in [0.5, 0.6) is 0 Å². The van der Waals surface area contributed by atoms with Crippen molar-refractivity contribution in [3.8, 4) is 0 Å². The second-order valence-electron chi connectivity index (χ2n) is 2.02. The van der Waals surface area contributed by atoms with Gasteiger partial charge in [-0.3, -0.25) is 4.79 Å². The van der Waals surface area contributed by atoms with Crippen LogP contribution in [0.4, 0.5) is 4.39 Å². The molecule has 1 aromatic rings. The van der Waals surface area contributed by atoms with Gasteiger partial charge < -0.3 is 0 Å². The number of hydrogen-bond acceptors (Lipinski definition) is 2. The molecule has 1 heterocycles. The van der Waals surface area contributed by atoms with Crippen molar-refractivity contribution in [1.82, 2.24) is 4.98 Å². The van der Waals surface area contributed by atoms with E-state index in [0.29, 0.717) is 0 Å². The van der Waals surface area contributed by atoms with Crippen LogP contribution in [0.1, 0.15) is 10.4 Å². The van der Waals surface area contributed by atoms with Gasteiger partial charge in [-0.15, -0.1) is 0 Å². The van der Waals surface area contributed by atoms with Gasteiger partial charge in [0.25, 0.3) is 0 Å². The fourth-order valence-corrected chi connectivity index (χ4v) is 1.34. The molecule has 1 rings (SSSR count). The number of hydrogen-bond donors (Lipinski definition) is 0. The van der Waals surface area contributed by atoms with Gasteiger partial charge in [-0.05, 0) is 22.0 Å². The zero-order chi connectivity index (χ0) is 9.14. The first-order valence-corrected chi connectivity index (χ1v) is 4.97. The van der Waals surface area contributed by atoms with E-state index in [1.54, 1.807) is 0 Å². The molecule has 1 aromatic heterocycles. The summed E-state index contributed by atoms with van der Waals surface area (Å²) >= 11 is 5.85. The number of alkyl halides is 1. The van der Waals surface area contributed by atoms with E-state index in [0.717, 1.165) is 0 Å². The Morgan fingerprint density at radius 2 is 2.33 bits per heavy atom. The molecular weight excluding hydrogens is 293 g/mol. The van der Waals surface area contributed by atoms with Crippen molar-refractivity contribution in [2.24, 2.45) is 0 Å². The maximum atomic E-state index is 13.1. The van der Waals surface area contributed by atoms with E-state index in [9.17, 15) is 9.18 Å². The predicted octanol–water partition coefficient (Wildman–Crippen LogP) is 2.56. The van der Waals surface area contributed by atoms with Crippen molar-refractivity contribution in [3.05, 3.63) is 28.2 Å². The van der Waals surface area contributed by atoms with Crippen molar-refractivity contribution in [2.45, 2.75) is 0 Å². The van der Waals surface area contributed by atoms with Crippen LogP contribution in [0.25, 0.3) is 0 Å². The molecule has 0 aliphatic heterocycles. The molecule has 0 fully saturated rings. The number of carbonyl (C=O) groups excluding carboxylic acids is 1. The molecule has 64 valence electrons. The van der Waals surface area contributed by atoms with E-state index in [2.05, 4.69) is 36.8 Å². The Morgan fingerprint density at radius 3 is 2.92 bits per heavy atom. The summed E-state index contributed by atoms with van der Waals surface area (Å²) < 4.78 is 13.2. The third-order valence-corrected chi connectivity index (χ3v) is 2.33.